The zero-order valence-electron chi connectivity index (χ0n) is 10.7. The Morgan fingerprint density at radius 2 is 2.24 bits per heavy atom. The number of nitrogens with one attached hydrogen (secondary N) is 1. The van der Waals surface area contributed by atoms with Gasteiger partial charge in [-0.1, -0.05) is 0 Å². The van der Waals surface area contributed by atoms with E-state index in [2.05, 4.69) is 10.2 Å². The van der Waals surface area contributed by atoms with Crippen molar-refractivity contribution in [1.82, 2.24) is 15.1 Å². The Bertz CT molecular complexity index is 248. The molecule has 0 aliphatic carbocycles. The van der Waals surface area contributed by atoms with Crippen LogP contribution < -0.4 is 5.32 Å². The number of hydrogen-bond acceptors (Lipinski definition) is 4. The van der Waals surface area contributed by atoms with Gasteiger partial charge in [0.15, 0.2) is 0 Å². The third-order valence-corrected chi connectivity index (χ3v) is 3.50. The fourth-order valence-electron chi connectivity index (χ4n) is 2.38. The summed E-state index contributed by atoms with van der Waals surface area (Å²) < 4.78 is 5.55. The zero-order valence-corrected chi connectivity index (χ0v) is 10.7. The van der Waals surface area contributed by atoms with Gasteiger partial charge in [0.25, 0.3) is 0 Å². The van der Waals surface area contributed by atoms with E-state index in [0.717, 1.165) is 52.2 Å². The molecule has 0 aromatic carbocycles. The van der Waals surface area contributed by atoms with Crippen LogP contribution in [0, 0.1) is 0 Å². The molecule has 5 heteroatoms. The Morgan fingerprint density at radius 1 is 1.47 bits per heavy atom. The molecule has 2 saturated heterocycles. The summed E-state index contributed by atoms with van der Waals surface area (Å²) in [7, 11) is 1.88. The van der Waals surface area contributed by atoms with Crippen LogP contribution in [0.1, 0.15) is 12.8 Å². The largest absolute Gasteiger partial charge is 0.376 e. The third kappa shape index (κ3) is 3.94. The third-order valence-electron chi connectivity index (χ3n) is 3.50. The van der Waals surface area contributed by atoms with E-state index in [-0.39, 0.29) is 12.0 Å². The highest BCUT2D eigenvalue weighted by Crippen LogP contribution is 2.12. The highest BCUT2D eigenvalue weighted by molar-refractivity contribution is 5.78. The van der Waals surface area contributed by atoms with Crippen molar-refractivity contribution < 1.29 is 9.53 Å². The van der Waals surface area contributed by atoms with Gasteiger partial charge in [-0.25, -0.2) is 0 Å². The van der Waals surface area contributed by atoms with Crippen LogP contribution in [-0.2, 0) is 9.53 Å². The number of rotatable bonds is 4. The van der Waals surface area contributed by atoms with Crippen molar-refractivity contribution in [3.63, 3.8) is 0 Å². The van der Waals surface area contributed by atoms with Crippen LogP contribution in [0.15, 0.2) is 0 Å². The number of hydrogen-bond donors (Lipinski definition) is 1. The average molecular weight is 241 g/mol. The first-order chi connectivity index (χ1) is 8.25. The molecular weight excluding hydrogens is 218 g/mol. The summed E-state index contributed by atoms with van der Waals surface area (Å²) in [6.45, 7) is 6.06. The Kier molecular flexibility index (Phi) is 4.76. The smallest absolute Gasteiger partial charge is 0.236 e. The fourth-order valence-corrected chi connectivity index (χ4v) is 2.38. The second-order valence-corrected chi connectivity index (χ2v) is 4.94. The molecule has 2 fully saturated rings. The van der Waals surface area contributed by atoms with Crippen molar-refractivity contribution >= 4 is 5.91 Å². The van der Waals surface area contributed by atoms with Gasteiger partial charge in [-0.3, -0.25) is 9.69 Å². The normalized spacial score (nSPS) is 26.1. The molecule has 2 rings (SSSR count). The van der Waals surface area contributed by atoms with Gasteiger partial charge >= 0.3 is 0 Å². The average Bonchev–Trinajstić information content (AvgIpc) is 2.83. The molecule has 0 aromatic rings. The topological polar surface area (TPSA) is 44.8 Å². The summed E-state index contributed by atoms with van der Waals surface area (Å²) in [5.41, 5.74) is 0. The quantitative estimate of drug-likeness (QED) is 0.723. The molecule has 2 heterocycles. The summed E-state index contributed by atoms with van der Waals surface area (Å²) in [5.74, 6) is 0.211. The Balaban J connectivity index is 1.70. The van der Waals surface area contributed by atoms with Crippen LogP contribution in [0.5, 0.6) is 0 Å². The fraction of sp³-hybridized carbons (Fsp3) is 0.917. The monoisotopic (exact) mass is 241 g/mol. The van der Waals surface area contributed by atoms with E-state index in [1.54, 1.807) is 0 Å². The van der Waals surface area contributed by atoms with Gasteiger partial charge in [-0.15, -0.1) is 0 Å². The lowest BCUT2D eigenvalue weighted by Crippen LogP contribution is -2.48. The van der Waals surface area contributed by atoms with Crippen LogP contribution in [0.3, 0.4) is 0 Å². The highest BCUT2D eigenvalue weighted by atomic mass is 16.5. The van der Waals surface area contributed by atoms with E-state index in [0.29, 0.717) is 6.54 Å². The van der Waals surface area contributed by atoms with E-state index in [1.807, 2.05) is 11.9 Å². The standard InChI is InChI=1S/C12H23N3O2/c1-14(9-11-3-2-8-17-11)12(16)10-15-6-4-13-5-7-15/h11,13H,2-10H2,1H3. The van der Waals surface area contributed by atoms with Crippen molar-refractivity contribution in [1.29, 1.82) is 0 Å². The maximum atomic E-state index is 12.0. The lowest BCUT2D eigenvalue weighted by molar-refractivity contribution is -0.132. The first-order valence-electron chi connectivity index (χ1n) is 6.54. The second-order valence-electron chi connectivity index (χ2n) is 4.94. The molecule has 1 atom stereocenters. The molecule has 0 radical (unpaired) electrons. The van der Waals surface area contributed by atoms with Gasteiger partial charge in [0.2, 0.25) is 5.91 Å². The molecule has 98 valence electrons. The minimum atomic E-state index is 0.211. The molecule has 5 nitrogen and oxygen atoms in total. The predicted octanol–water partition coefficient (Wildman–Crippen LogP) is -0.471. The summed E-state index contributed by atoms with van der Waals surface area (Å²) in [6, 6.07) is 0. The van der Waals surface area contributed by atoms with Crippen molar-refractivity contribution in [2.45, 2.75) is 18.9 Å². The number of piperazine rings is 1. The minimum absolute atomic E-state index is 0.211. The van der Waals surface area contributed by atoms with Gasteiger partial charge in [0, 0.05) is 46.4 Å². The van der Waals surface area contributed by atoms with Crippen molar-refractivity contribution in [3.05, 3.63) is 0 Å². The number of likely N-dealkylation sites (N-methyl/N-ethyl adjacent to an activating group) is 1. The summed E-state index contributed by atoms with van der Waals surface area (Å²) in [5, 5.41) is 3.29. The van der Waals surface area contributed by atoms with Crippen molar-refractivity contribution in [3.8, 4) is 0 Å². The van der Waals surface area contributed by atoms with Gasteiger partial charge in [0.1, 0.15) is 0 Å². The van der Waals surface area contributed by atoms with Gasteiger partial charge in [0.05, 0.1) is 12.6 Å². The number of amides is 1. The lowest BCUT2D eigenvalue weighted by atomic mass is 10.2. The molecular formula is C12H23N3O2. The van der Waals surface area contributed by atoms with Crippen LogP contribution in [-0.4, -0.2) is 74.7 Å². The van der Waals surface area contributed by atoms with Gasteiger partial charge < -0.3 is 15.0 Å². The molecule has 0 bridgehead atoms. The summed E-state index contributed by atoms with van der Waals surface area (Å²) in [6.07, 6.45) is 2.47. The lowest BCUT2D eigenvalue weighted by Gasteiger charge is -2.29. The number of nitrogens with zero attached hydrogens (tertiary/aromatic N) is 2. The van der Waals surface area contributed by atoms with Gasteiger partial charge in [-0.2, -0.15) is 0 Å². The molecule has 0 aromatic heterocycles. The molecule has 17 heavy (non-hydrogen) atoms. The van der Waals surface area contributed by atoms with E-state index in [9.17, 15) is 4.79 Å². The first-order valence-corrected chi connectivity index (χ1v) is 6.54. The maximum absolute atomic E-state index is 12.0. The number of ether oxygens (including phenoxy) is 1. The molecule has 1 unspecified atom stereocenters. The molecule has 0 spiro atoms. The molecule has 2 aliphatic heterocycles. The SMILES string of the molecule is CN(CC1CCCO1)C(=O)CN1CCNCC1. The van der Waals surface area contributed by atoms with Crippen molar-refractivity contribution in [2.24, 2.45) is 0 Å². The highest BCUT2D eigenvalue weighted by Gasteiger charge is 2.21. The van der Waals surface area contributed by atoms with Crippen LogP contribution >= 0.6 is 0 Å². The summed E-state index contributed by atoms with van der Waals surface area (Å²) >= 11 is 0. The predicted molar refractivity (Wildman–Crippen MR) is 65.9 cm³/mol. The summed E-state index contributed by atoms with van der Waals surface area (Å²) in [4.78, 5) is 16.0. The van der Waals surface area contributed by atoms with E-state index in [1.165, 1.54) is 0 Å². The van der Waals surface area contributed by atoms with Gasteiger partial charge in [-0.05, 0) is 12.8 Å². The Labute approximate surface area is 103 Å². The zero-order chi connectivity index (χ0) is 12.1. The second kappa shape index (κ2) is 6.33. The number of carbonyl (C=O) groups excluding carboxylic acids is 1. The van der Waals surface area contributed by atoms with E-state index in [4.69, 9.17) is 4.74 Å². The van der Waals surface area contributed by atoms with Crippen LogP contribution in [0.4, 0.5) is 0 Å². The van der Waals surface area contributed by atoms with Crippen molar-refractivity contribution in [2.75, 3.05) is 52.9 Å². The molecule has 2 aliphatic rings. The molecule has 0 saturated carbocycles. The Morgan fingerprint density at radius 3 is 2.88 bits per heavy atom. The minimum Gasteiger partial charge on any atom is -0.376 e. The van der Waals surface area contributed by atoms with E-state index >= 15 is 0 Å². The first kappa shape index (κ1) is 12.8. The van der Waals surface area contributed by atoms with E-state index < -0.39 is 0 Å². The Hall–Kier alpha value is -0.650. The molecule has 1 N–H and O–H groups in total. The van der Waals surface area contributed by atoms with Crippen LogP contribution in [0.2, 0.25) is 0 Å². The molecule has 1 amide bonds. The maximum Gasteiger partial charge on any atom is 0.236 e. The van der Waals surface area contributed by atoms with Crippen LogP contribution in [0.25, 0.3) is 0 Å². The number of carbonyl (C=O) groups is 1.